The number of hydrogen-bond donors (Lipinski definition) is 2. The van der Waals surface area contributed by atoms with Crippen LogP contribution < -0.4 is 19.5 Å². The Bertz CT molecular complexity index is 1250. The van der Waals surface area contributed by atoms with Gasteiger partial charge < -0.3 is 19.5 Å². The Hall–Kier alpha value is -3.27. The minimum absolute atomic E-state index is 0.0255. The summed E-state index contributed by atoms with van der Waals surface area (Å²) in [5, 5.41) is 3.47. The Labute approximate surface area is 216 Å². The highest BCUT2D eigenvalue weighted by Gasteiger charge is 2.15. The monoisotopic (exact) mass is 532 g/mol. The highest BCUT2D eigenvalue weighted by molar-refractivity contribution is 7.92. The first-order valence-corrected chi connectivity index (χ1v) is 13.1. The van der Waals surface area contributed by atoms with E-state index in [0.29, 0.717) is 48.2 Å². The number of halogens is 1. The number of carbonyl (C=O) groups excluding carboxylic acids is 1. The molecule has 0 aromatic heterocycles. The molecule has 0 radical (unpaired) electrons. The third-order valence-corrected chi connectivity index (χ3v) is 6.90. The molecule has 0 aliphatic heterocycles. The number of rotatable bonds is 13. The summed E-state index contributed by atoms with van der Waals surface area (Å²) in [6, 6.07) is 18.7. The van der Waals surface area contributed by atoms with E-state index in [-0.39, 0.29) is 17.4 Å². The molecule has 10 heteroatoms. The summed E-state index contributed by atoms with van der Waals surface area (Å²) in [4.78, 5) is 12.1. The van der Waals surface area contributed by atoms with Crippen LogP contribution >= 0.6 is 11.6 Å². The van der Waals surface area contributed by atoms with E-state index in [2.05, 4.69) is 10.0 Å². The van der Waals surface area contributed by atoms with Crippen molar-refractivity contribution in [3.05, 3.63) is 82.9 Å². The van der Waals surface area contributed by atoms with Gasteiger partial charge in [-0.2, -0.15) is 0 Å². The van der Waals surface area contributed by atoms with Crippen molar-refractivity contribution in [3.63, 3.8) is 0 Å². The lowest BCUT2D eigenvalue weighted by atomic mass is 10.1. The Morgan fingerprint density at radius 1 is 0.889 bits per heavy atom. The van der Waals surface area contributed by atoms with Gasteiger partial charge in [-0.15, -0.1) is 0 Å². The quantitative estimate of drug-likeness (QED) is 0.316. The highest BCUT2D eigenvalue weighted by atomic mass is 35.5. The molecule has 0 unspecified atom stereocenters. The molecule has 0 aliphatic rings. The molecule has 3 aromatic carbocycles. The number of benzene rings is 3. The van der Waals surface area contributed by atoms with E-state index in [9.17, 15) is 13.2 Å². The highest BCUT2D eigenvalue weighted by Crippen LogP contribution is 2.30. The van der Waals surface area contributed by atoms with Crippen molar-refractivity contribution in [1.82, 2.24) is 5.32 Å². The summed E-state index contributed by atoms with van der Waals surface area (Å²) in [5.74, 6) is 0.742. The van der Waals surface area contributed by atoms with Gasteiger partial charge in [0.2, 0.25) is 5.91 Å². The molecule has 3 rings (SSSR count). The van der Waals surface area contributed by atoms with E-state index in [4.69, 9.17) is 25.8 Å². The number of anilines is 1. The molecule has 2 N–H and O–H groups in total. The van der Waals surface area contributed by atoms with Crippen molar-refractivity contribution in [3.8, 4) is 11.5 Å². The zero-order valence-electron chi connectivity index (χ0n) is 20.1. The van der Waals surface area contributed by atoms with Crippen molar-refractivity contribution in [2.75, 3.05) is 32.1 Å². The average Bonchev–Trinajstić information content (AvgIpc) is 2.88. The maximum Gasteiger partial charge on any atom is 0.261 e. The molecule has 0 heterocycles. The van der Waals surface area contributed by atoms with Crippen LogP contribution in [0.1, 0.15) is 17.5 Å². The molecule has 0 aliphatic carbocycles. The minimum atomic E-state index is -3.77. The second kappa shape index (κ2) is 13.2. The number of nitrogens with one attached hydrogen (secondary N) is 2. The van der Waals surface area contributed by atoms with Crippen molar-refractivity contribution in [2.45, 2.75) is 24.3 Å². The normalized spacial score (nSPS) is 11.1. The molecular formula is C26H29ClN2O6S. The molecular weight excluding hydrogens is 504 g/mol. The number of ether oxygens (including phenoxy) is 3. The molecule has 0 spiro atoms. The first kappa shape index (κ1) is 27.3. The van der Waals surface area contributed by atoms with Crippen LogP contribution in [-0.2, 0) is 32.6 Å². The van der Waals surface area contributed by atoms with E-state index < -0.39 is 10.0 Å². The maximum absolute atomic E-state index is 12.7. The van der Waals surface area contributed by atoms with Gasteiger partial charge in [-0.25, -0.2) is 8.42 Å². The van der Waals surface area contributed by atoms with Gasteiger partial charge in [0.1, 0.15) is 6.61 Å². The van der Waals surface area contributed by atoms with Gasteiger partial charge in [-0.3, -0.25) is 9.52 Å². The van der Waals surface area contributed by atoms with Crippen LogP contribution in [0.15, 0.2) is 71.6 Å². The number of amides is 1. The van der Waals surface area contributed by atoms with E-state index >= 15 is 0 Å². The summed E-state index contributed by atoms with van der Waals surface area (Å²) in [7, 11) is -0.773. The summed E-state index contributed by atoms with van der Waals surface area (Å²) in [5.41, 5.74) is 2.27. The van der Waals surface area contributed by atoms with Crippen LogP contribution in [-0.4, -0.2) is 41.7 Å². The molecule has 36 heavy (non-hydrogen) atoms. The number of aryl methyl sites for hydroxylation is 1. The topological polar surface area (TPSA) is 103 Å². The summed E-state index contributed by atoms with van der Waals surface area (Å²) >= 11 is 5.84. The molecule has 0 fully saturated rings. The third-order valence-electron chi connectivity index (χ3n) is 5.25. The van der Waals surface area contributed by atoms with Gasteiger partial charge in [0.15, 0.2) is 11.5 Å². The van der Waals surface area contributed by atoms with Gasteiger partial charge in [0.05, 0.1) is 31.4 Å². The van der Waals surface area contributed by atoms with Crippen molar-refractivity contribution >= 4 is 33.2 Å². The van der Waals surface area contributed by atoms with Gasteiger partial charge in [0, 0.05) is 17.6 Å². The van der Waals surface area contributed by atoms with Crippen LogP contribution in [0, 0.1) is 0 Å². The summed E-state index contributed by atoms with van der Waals surface area (Å²) in [6.45, 7) is 0.799. The predicted octanol–water partition coefficient (Wildman–Crippen LogP) is 4.42. The van der Waals surface area contributed by atoms with Crippen molar-refractivity contribution in [1.29, 1.82) is 0 Å². The fourth-order valence-electron chi connectivity index (χ4n) is 3.36. The zero-order chi connectivity index (χ0) is 26.0. The molecule has 192 valence electrons. The third kappa shape index (κ3) is 8.15. The Morgan fingerprint density at radius 2 is 1.56 bits per heavy atom. The first-order valence-electron chi connectivity index (χ1n) is 11.2. The average molecular weight is 533 g/mol. The minimum Gasteiger partial charge on any atom is -0.493 e. The van der Waals surface area contributed by atoms with Crippen LogP contribution in [0.4, 0.5) is 5.69 Å². The maximum atomic E-state index is 12.7. The molecule has 0 saturated heterocycles. The number of sulfonamides is 1. The van der Waals surface area contributed by atoms with Gasteiger partial charge in [0.25, 0.3) is 10.0 Å². The molecule has 1 amide bonds. The zero-order valence-corrected chi connectivity index (χ0v) is 21.7. The fraction of sp³-hybridized carbons (Fsp3) is 0.269. The molecule has 0 atom stereocenters. The van der Waals surface area contributed by atoms with Crippen LogP contribution in [0.25, 0.3) is 0 Å². The standard InChI is InChI=1S/C26H29ClN2O6S/c1-33-24-14-11-22(16-25(24)34-2)29-36(31,32)23-12-7-19(8-13-23)4-3-15-28-26(30)18-35-17-20-5-9-21(27)10-6-20/h5-14,16,29H,3-4,15,17-18H2,1-2H3,(H,28,30). The molecule has 0 saturated carbocycles. The van der Waals surface area contributed by atoms with Crippen LogP contribution in [0.3, 0.4) is 0 Å². The van der Waals surface area contributed by atoms with Crippen molar-refractivity contribution in [2.24, 2.45) is 0 Å². The van der Waals surface area contributed by atoms with Gasteiger partial charge in [-0.1, -0.05) is 35.9 Å². The van der Waals surface area contributed by atoms with Crippen LogP contribution in [0.5, 0.6) is 11.5 Å². The van der Waals surface area contributed by atoms with Gasteiger partial charge in [-0.05, 0) is 60.4 Å². The Kier molecular flexibility index (Phi) is 9.98. The predicted molar refractivity (Wildman–Crippen MR) is 139 cm³/mol. The smallest absolute Gasteiger partial charge is 0.261 e. The van der Waals surface area contributed by atoms with Crippen LogP contribution in [0.2, 0.25) is 5.02 Å². The first-order chi connectivity index (χ1) is 17.3. The van der Waals surface area contributed by atoms with E-state index in [1.807, 2.05) is 12.1 Å². The number of methoxy groups -OCH3 is 2. The number of hydrogen-bond acceptors (Lipinski definition) is 6. The van der Waals surface area contributed by atoms with E-state index in [0.717, 1.165) is 11.1 Å². The lowest BCUT2D eigenvalue weighted by Crippen LogP contribution is -2.28. The Balaban J connectivity index is 1.41. The molecule has 3 aromatic rings. The molecule has 8 nitrogen and oxygen atoms in total. The SMILES string of the molecule is COc1ccc(NS(=O)(=O)c2ccc(CCCNC(=O)COCc3ccc(Cl)cc3)cc2)cc1OC. The van der Waals surface area contributed by atoms with E-state index in [1.165, 1.54) is 14.2 Å². The van der Waals surface area contributed by atoms with E-state index in [1.54, 1.807) is 54.6 Å². The lowest BCUT2D eigenvalue weighted by Gasteiger charge is -2.12. The Morgan fingerprint density at radius 3 is 2.22 bits per heavy atom. The fourth-order valence-corrected chi connectivity index (χ4v) is 4.54. The largest absolute Gasteiger partial charge is 0.493 e. The second-order valence-corrected chi connectivity index (χ2v) is 10.0. The lowest BCUT2D eigenvalue weighted by molar-refractivity contribution is -0.126. The number of carbonyl (C=O) groups is 1. The molecule has 0 bridgehead atoms. The summed E-state index contributed by atoms with van der Waals surface area (Å²) in [6.07, 6.45) is 1.40. The van der Waals surface area contributed by atoms with Crippen molar-refractivity contribution < 1.29 is 27.4 Å². The summed E-state index contributed by atoms with van der Waals surface area (Å²) < 4.78 is 43.8. The second-order valence-electron chi connectivity index (χ2n) is 7.89. The van der Waals surface area contributed by atoms with Gasteiger partial charge >= 0.3 is 0 Å².